The van der Waals surface area contributed by atoms with E-state index in [1.165, 1.54) is 0 Å². The number of aromatic nitrogens is 1. The summed E-state index contributed by atoms with van der Waals surface area (Å²) in [6.07, 6.45) is 1.64. The van der Waals surface area contributed by atoms with Crippen LogP contribution in [0.3, 0.4) is 0 Å². The molecule has 0 saturated carbocycles. The monoisotopic (exact) mass is 354 g/mol. The van der Waals surface area contributed by atoms with Crippen molar-refractivity contribution < 1.29 is 14.3 Å². The van der Waals surface area contributed by atoms with Crippen molar-refractivity contribution in [2.24, 2.45) is 5.73 Å². The fourth-order valence-corrected chi connectivity index (χ4v) is 3.10. The molecule has 0 bridgehead atoms. The second-order valence-corrected chi connectivity index (χ2v) is 6.20. The molecule has 2 heterocycles. The molecule has 7 heteroatoms. The van der Waals surface area contributed by atoms with Gasteiger partial charge in [-0.1, -0.05) is 6.07 Å². The van der Waals surface area contributed by atoms with Crippen LogP contribution in [0, 0.1) is 6.92 Å². The molecule has 2 amide bonds. The zero-order chi connectivity index (χ0) is 18.7. The van der Waals surface area contributed by atoms with Crippen LogP contribution in [0.2, 0.25) is 0 Å². The van der Waals surface area contributed by atoms with Crippen LogP contribution in [0.5, 0.6) is 5.75 Å². The second-order valence-electron chi connectivity index (χ2n) is 6.20. The van der Waals surface area contributed by atoms with Crippen molar-refractivity contribution in [2.45, 2.75) is 6.92 Å². The Morgan fingerprint density at radius 1 is 1.15 bits per heavy atom. The highest BCUT2D eigenvalue weighted by Crippen LogP contribution is 2.22. The summed E-state index contributed by atoms with van der Waals surface area (Å²) in [5.74, 6) is 0.746. The van der Waals surface area contributed by atoms with Gasteiger partial charge in [0.25, 0.3) is 11.8 Å². The molecule has 3 rings (SSSR count). The molecule has 0 radical (unpaired) electrons. The molecular weight excluding hydrogens is 332 g/mol. The molecular formula is C19H22N4O3. The van der Waals surface area contributed by atoms with Gasteiger partial charge in [-0.2, -0.15) is 0 Å². The quantitative estimate of drug-likeness (QED) is 0.898. The van der Waals surface area contributed by atoms with Crippen LogP contribution in [0.1, 0.15) is 26.3 Å². The number of benzene rings is 1. The van der Waals surface area contributed by atoms with Crippen molar-refractivity contribution in [1.82, 2.24) is 9.88 Å². The third-order valence-electron chi connectivity index (χ3n) is 4.57. The van der Waals surface area contributed by atoms with E-state index in [-0.39, 0.29) is 5.91 Å². The van der Waals surface area contributed by atoms with Crippen molar-refractivity contribution in [3.63, 3.8) is 0 Å². The molecule has 0 aliphatic carbocycles. The number of piperazine rings is 1. The first kappa shape index (κ1) is 17.7. The number of carbonyl (C=O) groups is 2. The van der Waals surface area contributed by atoms with Gasteiger partial charge in [-0.25, -0.2) is 4.98 Å². The Labute approximate surface area is 152 Å². The minimum atomic E-state index is -0.502. The third-order valence-corrected chi connectivity index (χ3v) is 4.57. The maximum absolute atomic E-state index is 12.8. The third kappa shape index (κ3) is 3.46. The standard InChI is InChI=1S/C19H22N4O3/c1-13-5-6-14(12-16(13)26-2)19(25)23-10-8-22(9-11-23)18-15(17(20)24)4-3-7-21-18/h3-7,12H,8-11H2,1-2H3,(H2,20,24). The Kier molecular flexibility index (Phi) is 5.06. The number of ether oxygens (including phenoxy) is 1. The predicted molar refractivity (Wildman–Crippen MR) is 98.6 cm³/mol. The van der Waals surface area contributed by atoms with Gasteiger partial charge >= 0.3 is 0 Å². The fourth-order valence-electron chi connectivity index (χ4n) is 3.10. The minimum Gasteiger partial charge on any atom is -0.496 e. The number of anilines is 1. The predicted octanol–water partition coefficient (Wildman–Crippen LogP) is 1.46. The van der Waals surface area contributed by atoms with Crippen LogP contribution in [-0.2, 0) is 0 Å². The summed E-state index contributed by atoms with van der Waals surface area (Å²) in [7, 11) is 1.60. The normalized spacial score (nSPS) is 14.2. The lowest BCUT2D eigenvalue weighted by Gasteiger charge is -2.36. The van der Waals surface area contributed by atoms with E-state index < -0.39 is 5.91 Å². The molecule has 0 unspecified atom stereocenters. The Morgan fingerprint density at radius 3 is 2.54 bits per heavy atom. The van der Waals surface area contributed by atoms with Gasteiger partial charge in [-0.3, -0.25) is 9.59 Å². The Hall–Kier alpha value is -3.09. The van der Waals surface area contributed by atoms with E-state index in [4.69, 9.17) is 10.5 Å². The topological polar surface area (TPSA) is 88.8 Å². The minimum absolute atomic E-state index is 0.0286. The molecule has 2 aromatic rings. The van der Waals surface area contributed by atoms with Crippen molar-refractivity contribution >= 4 is 17.6 Å². The van der Waals surface area contributed by atoms with Gasteiger partial charge in [0.2, 0.25) is 0 Å². The average Bonchev–Trinajstić information content (AvgIpc) is 2.68. The van der Waals surface area contributed by atoms with Crippen molar-refractivity contribution in [3.8, 4) is 5.75 Å². The van der Waals surface area contributed by atoms with Gasteiger partial charge in [-0.15, -0.1) is 0 Å². The number of rotatable bonds is 4. The lowest BCUT2D eigenvalue weighted by atomic mass is 10.1. The van der Waals surface area contributed by atoms with E-state index in [1.807, 2.05) is 24.0 Å². The highest BCUT2D eigenvalue weighted by molar-refractivity contribution is 5.98. The van der Waals surface area contributed by atoms with E-state index in [0.29, 0.717) is 48.9 Å². The van der Waals surface area contributed by atoms with E-state index in [1.54, 1.807) is 36.4 Å². The van der Waals surface area contributed by atoms with Crippen molar-refractivity contribution in [2.75, 3.05) is 38.2 Å². The van der Waals surface area contributed by atoms with Gasteiger partial charge in [0, 0.05) is 37.9 Å². The molecule has 1 aliphatic rings. The number of pyridine rings is 1. The zero-order valence-electron chi connectivity index (χ0n) is 14.9. The molecule has 1 aliphatic heterocycles. The number of carbonyl (C=O) groups excluding carboxylic acids is 2. The maximum atomic E-state index is 12.8. The lowest BCUT2D eigenvalue weighted by molar-refractivity contribution is 0.0745. The Morgan fingerprint density at radius 2 is 1.88 bits per heavy atom. The number of nitrogens with two attached hydrogens (primary N) is 1. The van der Waals surface area contributed by atoms with Crippen LogP contribution in [0.15, 0.2) is 36.5 Å². The summed E-state index contributed by atoms with van der Waals surface area (Å²) in [5.41, 5.74) is 7.43. The molecule has 1 aromatic heterocycles. The van der Waals surface area contributed by atoms with Gasteiger partial charge in [0.1, 0.15) is 11.6 Å². The van der Waals surface area contributed by atoms with Gasteiger partial charge in [0.05, 0.1) is 12.7 Å². The summed E-state index contributed by atoms with van der Waals surface area (Å²) in [6, 6.07) is 8.83. The molecule has 0 atom stereocenters. The highest BCUT2D eigenvalue weighted by atomic mass is 16.5. The molecule has 0 spiro atoms. The molecule has 1 fully saturated rings. The van der Waals surface area contributed by atoms with E-state index in [9.17, 15) is 9.59 Å². The average molecular weight is 354 g/mol. The largest absolute Gasteiger partial charge is 0.496 e. The van der Waals surface area contributed by atoms with Crippen LogP contribution in [-0.4, -0.2) is 55.0 Å². The molecule has 2 N–H and O–H groups in total. The van der Waals surface area contributed by atoms with Crippen LogP contribution in [0.4, 0.5) is 5.82 Å². The highest BCUT2D eigenvalue weighted by Gasteiger charge is 2.25. The number of nitrogens with zero attached hydrogens (tertiary/aromatic N) is 3. The van der Waals surface area contributed by atoms with E-state index in [0.717, 1.165) is 5.56 Å². The Bertz CT molecular complexity index is 829. The molecule has 7 nitrogen and oxygen atoms in total. The van der Waals surface area contributed by atoms with Crippen LogP contribution < -0.4 is 15.4 Å². The number of amides is 2. The summed E-state index contributed by atoms with van der Waals surface area (Å²) in [6.45, 7) is 4.21. The molecule has 1 aromatic carbocycles. The van der Waals surface area contributed by atoms with Crippen molar-refractivity contribution in [3.05, 3.63) is 53.2 Å². The smallest absolute Gasteiger partial charge is 0.254 e. The first-order valence-corrected chi connectivity index (χ1v) is 8.45. The molecule has 26 heavy (non-hydrogen) atoms. The zero-order valence-corrected chi connectivity index (χ0v) is 14.9. The SMILES string of the molecule is COc1cc(C(=O)N2CCN(c3ncccc3C(N)=O)CC2)ccc1C. The summed E-state index contributed by atoms with van der Waals surface area (Å²) >= 11 is 0. The Balaban J connectivity index is 1.71. The first-order valence-electron chi connectivity index (χ1n) is 8.45. The fraction of sp³-hybridized carbons (Fsp3) is 0.316. The second kappa shape index (κ2) is 7.43. The van der Waals surface area contributed by atoms with Crippen LogP contribution >= 0.6 is 0 Å². The summed E-state index contributed by atoms with van der Waals surface area (Å²) in [4.78, 5) is 32.4. The van der Waals surface area contributed by atoms with E-state index in [2.05, 4.69) is 4.98 Å². The summed E-state index contributed by atoms with van der Waals surface area (Å²) < 4.78 is 5.30. The first-order chi connectivity index (χ1) is 12.5. The number of aryl methyl sites for hydroxylation is 1. The van der Waals surface area contributed by atoms with Crippen molar-refractivity contribution in [1.29, 1.82) is 0 Å². The van der Waals surface area contributed by atoms with Crippen LogP contribution in [0.25, 0.3) is 0 Å². The number of methoxy groups -OCH3 is 1. The maximum Gasteiger partial charge on any atom is 0.254 e. The van der Waals surface area contributed by atoms with Gasteiger partial charge in [-0.05, 0) is 36.8 Å². The van der Waals surface area contributed by atoms with E-state index >= 15 is 0 Å². The number of primary amides is 1. The number of hydrogen-bond acceptors (Lipinski definition) is 5. The summed E-state index contributed by atoms with van der Waals surface area (Å²) in [5, 5.41) is 0. The molecule has 136 valence electrons. The van der Waals surface area contributed by atoms with Gasteiger partial charge < -0.3 is 20.3 Å². The number of hydrogen-bond donors (Lipinski definition) is 1. The molecule has 1 saturated heterocycles. The van der Waals surface area contributed by atoms with Gasteiger partial charge in [0.15, 0.2) is 0 Å². The lowest BCUT2D eigenvalue weighted by Crippen LogP contribution is -2.49.